The Hall–Kier alpha value is -2.27. The molecular weight excluding hydrogens is 452 g/mol. The van der Waals surface area contributed by atoms with Gasteiger partial charge in [-0.3, -0.25) is 14.2 Å². The smallest absolute Gasteiger partial charge is 0.431 e. The molecule has 2 rings (SSSR count). The number of benzene rings is 1. The maximum atomic E-state index is 14.5. The zero-order valence-electron chi connectivity index (χ0n) is 16.0. The number of thioether (sulfide) groups is 1. The zero-order chi connectivity index (χ0) is 23.0. The van der Waals surface area contributed by atoms with Crippen LogP contribution < -0.4 is 11.2 Å². The molecule has 0 fully saturated rings. The number of hydrogen-bond acceptors (Lipinski definition) is 4. The second kappa shape index (κ2) is 8.84. The summed E-state index contributed by atoms with van der Waals surface area (Å²) in [7, 11) is 0.799. The standard InChI is InChI=1S/C18H17ClF4N2O4S/c1-8(2)4-13(16(27)28)30-12-6-11(10(20)5-9(12)19)25-15(26)7-14(18(21,22)23)24(3)17(25)29/h5-8,13H,4H2,1-3H3,(H,27,28). The number of halogens is 5. The van der Waals surface area contributed by atoms with Gasteiger partial charge in [0.15, 0.2) is 0 Å². The largest absolute Gasteiger partial charge is 0.480 e. The fourth-order valence-corrected chi connectivity index (χ4v) is 4.20. The third-order valence-electron chi connectivity index (χ3n) is 4.08. The summed E-state index contributed by atoms with van der Waals surface area (Å²) < 4.78 is 53.9. The van der Waals surface area contributed by atoms with E-state index in [0.29, 0.717) is 0 Å². The number of aliphatic carboxylic acids is 1. The summed E-state index contributed by atoms with van der Waals surface area (Å²) in [6, 6.07) is 1.94. The molecule has 1 heterocycles. The number of carboxylic acid groups (broad SMARTS) is 1. The molecule has 0 spiro atoms. The molecule has 1 aromatic carbocycles. The van der Waals surface area contributed by atoms with Gasteiger partial charge in [0.2, 0.25) is 0 Å². The van der Waals surface area contributed by atoms with E-state index >= 15 is 0 Å². The second-order valence-electron chi connectivity index (χ2n) is 6.85. The number of aromatic nitrogens is 2. The molecule has 2 aromatic rings. The first-order chi connectivity index (χ1) is 13.7. The third kappa shape index (κ3) is 5.07. The summed E-state index contributed by atoms with van der Waals surface area (Å²) in [6.45, 7) is 3.61. The highest BCUT2D eigenvalue weighted by Gasteiger charge is 2.35. The van der Waals surface area contributed by atoms with E-state index in [9.17, 15) is 37.1 Å². The van der Waals surface area contributed by atoms with Crippen molar-refractivity contribution in [2.45, 2.75) is 36.6 Å². The van der Waals surface area contributed by atoms with E-state index in [0.717, 1.165) is 30.9 Å². The molecule has 12 heteroatoms. The number of alkyl halides is 3. The maximum Gasteiger partial charge on any atom is 0.431 e. The summed E-state index contributed by atoms with van der Waals surface area (Å²) in [5, 5.41) is 8.28. The summed E-state index contributed by atoms with van der Waals surface area (Å²) in [5.41, 5.74) is -4.92. The molecule has 1 atom stereocenters. The van der Waals surface area contributed by atoms with Crippen molar-refractivity contribution < 1.29 is 27.5 Å². The zero-order valence-corrected chi connectivity index (χ0v) is 17.5. The minimum Gasteiger partial charge on any atom is -0.480 e. The molecule has 1 N–H and O–H groups in total. The first-order valence-electron chi connectivity index (χ1n) is 8.53. The van der Waals surface area contributed by atoms with E-state index < -0.39 is 45.8 Å². The van der Waals surface area contributed by atoms with Crippen LogP contribution in [0.5, 0.6) is 0 Å². The average molecular weight is 469 g/mol. The first-order valence-corrected chi connectivity index (χ1v) is 9.79. The highest BCUT2D eigenvalue weighted by atomic mass is 35.5. The number of carbonyl (C=O) groups is 1. The van der Waals surface area contributed by atoms with Gasteiger partial charge < -0.3 is 5.11 Å². The van der Waals surface area contributed by atoms with Gasteiger partial charge in [0, 0.05) is 18.0 Å². The van der Waals surface area contributed by atoms with Gasteiger partial charge in [0.05, 0.1) is 10.7 Å². The highest BCUT2D eigenvalue weighted by molar-refractivity contribution is 8.00. The lowest BCUT2D eigenvalue weighted by Gasteiger charge is -2.17. The minimum absolute atomic E-state index is 0.0159. The van der Waals surface area contributed by atoms with Gasteiger partial charge in [-0.15, -0.1) is 11.8 Å². The van der Waals surface area contributed by atoms with Gasteiger partial charge in [-0.05, 0) is 24.5 Å². The van der Waals surface area contributed by atoms with E-state index in [1.165, 1.54) is 0 Å². The van der Waals surface area contributed by atoms with Crippen molar-refractivity contribution in [1.29, 1.82) is 0 Å². The van der Waals surface area contributed by atoms with E-state index in [1.54, 1.807) is 13.8 Å². The van der Waals surface area contributed by atoms with Crippen molar-refractivity contribution in [2.24, 2.45) is 13.0 Å². The van der Waals surface area contributed by atoms with Crippen molar-refractivity contribution >= 4 is 29.3 Å². The molecule has 0 radical (unpaired) electrons. The second-order valence-corrected chi connectivity index (χ2v) is 8.50. The Morgan fingerprint density at radius 1 is 1.23 bits per heavy atom. The highest BCUT2D eigenvalue weighted by Crippen LogP contribution is 2.35. The fourth-order valence-electron chi connectivity index (χ4n) is 2.68. The van der Waals surface area contributed by atoms with Crippen molar-refractivity contribution in [3.63, 3.8) is 0 Å². The lowest BCUT2D eigenvalue weighted by Crippen LogP contribution is -2.41. The van der Waals surface area contributed by atoms with E-state index in [2.05, 4.69) is 0 Å². The monoisotopic (exact) mass is 468 g/mol. The molecule has 1 unspecified atom stereocenters. The molecule has 30 heavy (non-hydrogen) atoms. The van der Waals surface area contributed by atoms with E-state index in [4.69, 9.17) is 11.6 Å². The summed E-state index contributed by atoms with van der Waals surface area (Å²) in [5.74, 6) is -2.25. The Labute approximate surface area is 177 Å². The van der Waals surface area contributed by atoms with Crippen LogP contribution >= 0.6 is 23.4 Å². The Bertz CT molecular complexity index is 1100. The molecule has 0 aliphatic heterocycles. The molecule has 1 aromatic heterocycles. The molecule has 0 aliphatic rings. The third-order valence-corrected chi connectivity index (χ3v) is 5.78. The minimum atomic E-state index is -4.96. The van der Waals surface area contributed by atoms with Crippen LogP contribution in [-0.2, 0) is 18.0 Å². The first kappa shape index (κ1) is 24.0. The van der Waals surface area contributed by atoms with Crippen LogP contribution in [0.4, 0.5) is 17.6 Å². The molecule has 0 amide bonds. The Morgan fingerprint density at radius 3 is 2.33 bits per heavy atom. The van der Waals surface area contributed by atoms with Crippen LogP contribution in [0.2, 0.25) is 5.02 Å². The average Bonchev–Trinajstić information content (AvgIpc) is 2.59. The van der Waals surface area contributed by atoms with Crippen LogP contribution in [0.25, 0.3) is 5.69 Å². The number of carboxylic acids is 1. The van der Waals surface area contributed by atoms with E-state index in [-0.39, 0.29) is 37.5 Å². The van der Waals surface area contributed by atoms with Gasteiger partial charge in [-0.2, -0.15) is 13.2 Å². The number of rotatable bonds is 6. The summed E-state index contributed by atoms with van der Waals surface area (Å²) >= 11 is 6.79. The van der Waals surface area contributed by atoms with Crippen molar-refractivity contribution in [2.75, 3.05) is 0 Å². The quantitative estimate of drug-likeness (QED) is 0.513. The van der Waals surface area contributed by atoms with Crippen molar-refractivity contribution in [1.82, 2.24) is 9.13 Å². The number of nitrogens with zero attached hydrogens (tertiary/aromatic N) is 2. The summed E-state index contributed by atoms with van der Waals surface area (Å²) in [4.78, 5) is 36.2. The van der Waals surface area contributed by atoms with Crippen LogP contribution in [-0.4, -0.2) is 25.5 Å². The molecule has 0 aliphatic carbocycles. The lowest BCUT2D eigenvalue weighted by atomic mass is 10.1. The molecule has 164 valence electrons. The fraction of sp³-hybridized carbons (Fsp3) is 0.389. The topological polar surface area (TPSA) is 81.3 Å². The van der Waals surface area contributed by atoms with Crippen molar-refractivity contribution in [3.05, 3.63) is 55.6 Å². The van der Waals surface area contributed by atoms with E-state index in [1.807, 2.05) is 0 Å². The molecule has 6 nitrogen and oxygen atoms in total. The SMILES string of the molecule is CC(C)CC(Sc1cc(-n2c(=O)cc(C(F)(F)F)n(C)c2=O)c(F)cc1Cl)C(=O)O. The van der Waals surface area contributed by atoms with Crippen LogP contribution in [0.15, 0.2) is 32.7 Å². The molecule has 0 saturated carbocycles. The Balaban J connectivity index is 2.66. The predicted octanol–water partition coefficient (Wildman–Crippen LogP) is 3.94. The van der Waals surface area contributed by atoms with Gasteiger partial charge in [0.25, 0.3) is 5.56 Å². The van der Waals surface area contributed by atoms with Gasteiger partial charge >= 0.3 is 17.8 Å². The van der Waals surface area contributed by atoms with Gasteiger partial charge in [-0.25, -0.2) is 13.8 Å². The van der Waals surface area contributed by atoms with Crippen molar-refractivity contribution in [3.8, 4) is 5.69 Å². The number of hydrogen-bond donors (Lipinski definition) is 1. The predicted molar refractivity (Wildman–Crippen MR) is 104 cm³/mol. The molecular formula is C18H17ClF4N2O4S. The van der Waals surface area contributed by atoms with Crippen LogP contribution in [0.1, 0.15) is 26.0 Å². The molecule has 0 bridgehead atoms. The van der Waals surface area contributed by atoms with Gasteiger partial charge in [-0.1, -0.05) is 25.4 Å². The Kier molecular flexibility index (Phi) is 7.08. The Morgan fingerprint density at radius 2 is 1.83 bits per heavy atom. The summed E-state index contributed by atoms with van der Waals surface area (Å²) in [6.07, 6.45) is -4.71. The van der Waals surface area contributed by atoms with Gasteiger partial charge in [0.1, 0.15) is 16.8 Å². The normalized spacial score (nSPS) is 13.0. The molecule has 0 saturated heterocycles. The maximum absolute atomic E-state index is 14.5. The lowest BCUT2D eigenvalue weighted by molar-refractivity contribution is -0.144. The van der Waals surface area contributed by atoms with Crippen LogP contribution in [0, 0.1) is 11.7 Å². The van der Waals surface area contributed by atoms with Crippen LogP contribution in [0.3, 0.4) is 0 Å².